The average Bonchev–Trinajstić information content (AvgIpc) is 2.68. The van der Waals surface area contributed by atoms with Crippen molar-refractivity contribution in [1.82, 2.24) is 0 Å². The maximum atomic E-state index is 5.46. The molecule has 0 atom stereocenters. The highest BCUT2D eigenvalue weighted by Crippen LogP contribution is 2.22. The zero-order valence-corrected chi connectivity index (χ0v) is 10.2. The second-order valence-electron chi connectivity index (χ2n) is 4.00. The first-order valence-electron chi connectivity index (χ1n) is 5.95. The molecular weight excluding hydrogens is 200 g/mol. The van der Waals surface area contributed by atoms with E-state index in [2.05, 4.69) is 13.8 Å². The van der Waals surface area contributed by atoms with Gasteiger partial charge in [0.05, 0.1) is 17.3 Å². The summed E-state index contributed by atoms with van der Waals surface area (Å²) in [7, 11) is 0. The van der Waals surface area contributed by atoms with Gasteiger partial charge in [-0.05, 0) is 31.9 Å². The number of benzene rings is 1. The van der Waals surface area contributed by atoms with Gasteiger partial charge in [-0.3, -0.25) is 9.98 Å². The van der Waals surface area contributed by atoms with Crippen molar-refractivity contribution in [3.8, 4) is 5.75 Å². The Kier molecular flexibility index (Phi) is 2.95. The molecule has 0 aromatic heterocycles. The molecule has 1 aromatic carbocycles. The molecule has 0 bridgehead atoms. The molecule has 0 unspecified atom stereocenters. The lowest BCUT2D eigenvalue weighted by Crippen LogP contribution is -2.20. The quantitative estimate of drug-likeness (QED) is 0.759. The van der Waals surface area contributed by atoms with Crippen LogP contribution in [0.3, 0.4) is 0 Å². The van der Waals surface area contributed by atoms with Gasteiger partial charge in [0.2, 0.25) is 0 Å². The molecule has 0 amide bonds. The minimum absolute atomic E-state index is 0.229. The Morgan fingerprint density at radius 1 is 1.06 bits per heavy atom. The van der Waals surface area contributed by atoms with Gasteiger partial charge in [0.25, 0.3) is 0 Å². The van der Waals surface area contributed by atoms with E-state index in [1.54, 1.807) is 0 Å². The van der Waals surface area contributed by atoms with Crippen LogP contribution in [-0.2, 0) is 0 Å². The molecule has 2 rings (SSSR count). The number of hydrogen-bond acceptors (Lipinski definition) is 3. The molecule has 16 heavy (non-hydrogen) atoms. The maximum absolute atomic E-state index is 5.46. The van der Waals surface area contributed by atoms with Crippen LogP contribution < -0.4 is 15.5 Å². The van der Waals surface area contributed by atoms with Gasteiger partial charge in [0.15, 0.2) is 5.66 Å². The van der Waals surface area contributed by atoms with Gasteiger partial charge in [0.1, 0.15) is 5.75 Å². The van der Waals surface area contributed by atoms with Crippen LogP contribution in [0.15, 0.2) is 28.2 Å². The number of rotatable bonds is 4. The fraction of sp³-hybridized carbons (Fsp3) is 0.538. The molecule has 0 saturated heterocycles. The molecule has 0 radical (unpaired) electrons. The molecule has 0 aliphatic carbocycles. The Hall–Kier alpha value is -1.38. The summed E-state index contributed by atoms with van der Waals surface area (Å²) in [6.07, 6.45) is 1.89. The predicted octanol–water partition coefficient (Wildman–Crippen LogP) is 1.85. The van der Waals surface area contributed by atoms with Crippen molar-refractivity contribution in [2.24, 2.45) is 9.98 Å². The largest absolute Gasteiger partial charge is 0.494 e. The van der Waals surface area contributed by atoms with Crippen LogP contribution in [0.25, 0.3) is 0 Å². The molecule has 1 aliphatic rings. The number of ether oxygens (including phenoxy) is 1. The highest BCUT2D eigenvalue weighted by atomic mass is 16.5. The van der Waals surface area contributed by atoms with Crippen LogP contribution in [0.5, 0.6) is 5.75 Å². The third-order valence-electron chi connectivity index (χ3n) is 3.05. The molecule has 3 nitrogen and oxygen atoms in total. The first kappa shape index (κ1) is 11.1. The lowest BCUT2D eigenvalue weighted by molar-refractivity contribution is 0.339. The summed E-state index contributed by atoms with van der Waals surface area (Å²) in [6, 6.07) is 5.94. The van der Waals surface area contributed by atoms with Crippen LogP contribution in [-0.4, -0.2) is 12.3 Å². The highest BCUT2D eigenvalue weighted by molar-refractivity contribution is 5.22. The lowest BCUT2D eigenvalue weighted by Gasteiger charge is -2.18. The number of fused-ring (bicyclic) bond motifs is 1. The Morgan fingerprint density at radius 2 is 1.75 bits per heavy atom. The Bertz CT molecular complexity index is 489. The Morgan fingerprint density at radius 3 is 2.38 bits per heavy atom. The smallest absolute Gasteiger partial charge is 0.151 e. The number of nitrogens with zero attached hydrogens (tertiary/aromatic N) is 2. The van der Waals surface area contributed by atoms with Gasteiger partial charge in [-0.2, -0.15) is 0 Å². The second kappa shape index (κ2) is 4.24. The molecule has 3 heteroatoms. The lowest BCUT2D eigenvalue weighted by atomic mass is 10.1. The van der Waals surface area contributed by atoms with E-state index in [-0.39, 0.29) is 5.66 Å². The molecular formula is C13H18N2O. The van der Waals surface area contributed by atoms with E-state index in [4.69, 9.17) is 14.7 Å². The zero-order chi connectivity index (χ0) is 11.6. The van der Waals surface area contributed by atoms with E-state index in [1.807, 2.05) is 25.1 Å². The highest BCUT2D eigenvalue weighted by Gasteiger charge is 2.26. The standard InChI is InChI=1S/C13H18N2O/c1-4-13(5-2)14-11-8-7-10(16-6-3)9-12(11)15-13/h7-9H,4-6H2,1-3H3. The molecule has 0 spiro atoms. The summed E-state index contributed by atoms with van der Waals surface area (Å²) in [6.45, 7) is 6.93. The van der Waals surface area contributed by atoms with Gasteiger partial charge < -0.3 is 4.74 Å². The van der Waals surface area contributed by atoms with E-state index in [9.17, 15) is 0 Å². The van der Waals surface area contributed by atoms with Crippen LogP contribution in [0.1, 0.15) is 33.6 Å². The van der Waals surface area contributed by atoms with Gasteiger partial charge in [0, 0.05) is 6.07 Å². The Balaban J connectivity index is 2.47. The molecule has 0 saturated carbocycles. The van der Waals surface area contributed by atoms with Crippen LogP contribution in [0.2, 0.25) is 0 Å². The second-order valence-corrected chi connectivity index (χ2v) is 4.00. The summed E-state index contributed by atoms with van der Waals surface area (Å²) in [5, 5.41) is 1.96. The normalized spacial score (nSPS) is 16.2. The Labute approximate surface area is 95.9 Å². The predicted molar refractivity (Wildman–Crippen MR) is 63.2 cm³/mol. The minimum Gasteiger partial charge on any atom is -0.494 e. The van der Waals surface area contributed by atoms with Gasteiger partial charge in [-0.15, -0.1) is 0 Å². The molecule has 1 heterocycles. The van der Waals surface area contributed by atoms with Crippen LogP contribution in [0.4, 0.5) is 0 Å². The van der Waals surface area contributed by atoms with Crippen molar-refractivity contribution < 1.29 is 4.74 Å². The SMILES string of the molecule is CCOc1ccc2c(c1)=NC(CC)(CC)N=2. The van der Waals surface area contributed by atoms with Crippen molar-refractivity contribution in [1.29, 1.82) is 0 Å². The fourth-order valence-corrected chi connectivity index (χ4v) is 1.98. The van der Waals surface area contributed by atoms with Crippen molar-refractivity contribution in [3.05, 3.63) is 28.9 Å². The van der Waals surface area contributed by atoms with Gasteiger partial charge >= 0.3 is 0 Å². The van der Waals surface area contributed by atoms with Crippen LogP contribution >= 0.6 is 0 Å². The average molecular weight is 218 g/mol. The van der Waals surface area contributed by atoms with Crippen molar-refractivity contribution >= 4 is 0 Å². The van der Waals surface area contributed by atoms with Crippen molar-refractivity contribution in [2.45, 2.75) is 39.3 Å². The first-order valence-corrected chi connectivity index (χ1v) is 5.95. The molecule has 86 valence electrons. The third-order valence-corrected chi connectivity index (χ3v) is 3.05. The van der Waals surface area contributed by atoms with E-state index in [0.717, 1.165) is 29.3 Å². The fourth-order valence-electron chi connectivity index (χ4n) is 1.98. The topological polar surface area (TPSA) is 34.0 Å². The minimum atomic E-state index is -0.229. The molecule has 0 N–H and O–H groups in total. The van der Waals surface area contributed by atoms with E-state index < -0.39 is 0 Å². The summed E-state index contributed by atoms with van der Waals surface area (Å²) in [4.78, 5) is 9.42. The van der Waals surface area contributed by atoms with Crippen molar-refractivity contribution in [3.63, 3.8) is 0 Å². The van der Waals surface area contributed by atoms with Gasteiger partial charge in [-0.1, -0.05) is 13.8 Å². The third kappa shape index (κ3) is 1.82. The first-order chi connectivity index (χ1) is 7.73. The van der Waals surface area contributed by atoms with E-state index >= 15 is 0 Å². The van der Waals surface area contributed by atoms with Crippen LogP contribution in [0, 0.1) is 0 Å². The van der Waals surface area contributed by atoms with E-state index in [1.165, 1.54) is 0 Å². The number of hydrogen-bond donors (Lipinski definition) is 0. The summed E-state index contributed by atoms with van der Waals surface area (Å²) in [5.41, 5.74) is -0.229. The molecule has 1 aliphatic heterocycles. The maximum Gasteiger partial charge on any atom is 0.151 e. The summed E-state index contributed by atoms with van der Waals surface area (Å²) in [5.74, 6) is 0.878. The van der Waals surface area contributed by atoms with Crippen molar-refractivity contribution in [2.75, 3.05) is 6.61 Å². The summed E-state index contributed by atoms with van der Waals surface area (Å²) >= 11 is 0. The van der Waals surface area contributed by atoms with Gasteiger partial charge in [-0.25, -0.2) is 0 Å². The monoisotopic (exact) mass is 218 g/mol. The van der Waals surface area contributed by atoms with E-state index in [0.29, 0.717) is 6.61 Å². The molecule has 1 aromatic rings. The summed E-state index contributed by atoms with van der Waals surface area (Å²) < 4.78 is 5.46. The molecule has 0 fully saturated rings. The zero-order valence-electron chi connectivity index (χ0n) is 10.2.